The topological polar surface area (TPSA) is 50.8 Å². The van der Waals surface area contributed by atoms with E-state index in [0.29, 0.717) is 35.4 Å². The summed E-state index contributed by atoms with van der Waals surface area (Å²) in [5.41, 5.74) is 6.00. The van der Waals surface area contributed by atoms with Gasteiger partial charge in [0.15, 0.2) is 22.4 Å². The highest BCUT2D eigenvalue weighted by molar-refractivity contribution is 7.80. The van der Waals surface area contributed by atoms with E-state index in [-0.39, 0.29) is 11.8 Å². The zero-order chi connectivity index (χ0) is 22.7. The molecule has 2 aromatic rings. The van der Waals surface area contributed by atoms with E-state index in [1.54, 1.807) is 6.92 Å². The van der Waals surface area contributed by atoms with Gasteiger partial charge in [-0.25, -0.2) is 0 Å². The highest BCUT2D eigenvalue weighted by atomic mass is 32.1. The predicted molar refractivity (Wildman–Crippen MR) is 127 cm³/mol. The minimum atomic E-state index is -0.325. The second-order valence-corrected chi connectivity index (χ2v) is 8.24. The third-order valence-electron chi connectivity index (χ3n) is 5.62. The first-order chi connectivity index (χ1) is 14.7. The van der Waals surface area contributed by atoms with Crippen LogP contribution in [-0.2, 0) is 11.4 Å². The number of thiocarbonyl (C=S) groups is 1. The minimum Gasteiger partial charge on any atom is -0.490 e. The smallest absolute Gasteiger partial charge is 0.173 e. The molecule has 0 fully saturated rings. The molecule has 0 radical (unpaired) electrons. The quantitative estimate of drug-likeness (QED) is 0.614. The molecule has 0 aliphatic carbocycles. The number of carbonyl (C=O) groups excluding carboxylic acids is 1. The molecule has 3 rings (SSSR count). The van der Waals surface area contributed by atoms with Gasteiger partial charge in [-0.3, -0.25) is 4.79 Å². The Balaban J connectivity index is 1.93. The minimum absolute atomic E-state index is 0.0116. The Morgan fingerprint density at radius 1 is 1.10 bits per heavy atom. The van der Waals surface area contributed by atoms with E-state index in [9.17, 15) is 4.79 Å². The van der Waals surface area contributed by atoms with Crippen LogP contribution in [0.15, 0.2) is 47.7 Å². The molecule has 1 aliphatic rings. The summed E-state index contributed by atoms with van der Waals surface area (Å²) in [6.07, 6.45) is 0. The van der Waals surface area contributed by atoms with Crippen LogP contribution in [0.5, 0.6) is 11.5 Å². The van der Waals surface area contributed by atoms with Gasteiger partial charge in [0.2, 0.25) is 0 Å². The van der Waals surface area contributed by atoms with Gasteiger partial charge in [-0.15, -0.1) is 0 Å². The average molecular weight is 439 g/mol. The van der Waals surface area contributed by atoms with Crippen molar-refractivity contribution in [2.75, 3.05) is 13.7 Å². The first-order valence-corrected chi connectivity index (χ1v) is 10.8. The second kappa shape index (κ2) is 9.52. The van der Waals surface area contributed by atoms with Crippen LogP contribution >= 0.6 is 12.2 Å². The summed E-state index contributed by atoms with van der Waals surface area (Å²) in [6, 6.07) is 11.8. The molecule has 0 aromatic heterocycles. The van der Waals surface area contributed by atoms with E-state index in [2.05, 4.69) is 37.4 Å². The molecule has 1 N–H and O–H groups in total. The lowest BCUT2D eigenvalue weighted by molar-refractivity contribution is -0.114. The van der Waals surface area contributed by atoms with Gasteiger partial charge in [0.25, 0.3) is 0 Å². The molecule has 0 spiro atoms. The molecule has 6 heteroatoms. The molecule has 1 atom stereocenters. The molecule has 5 nitrogen and oxygen atoms in total. The number of aryl methyl sites for hydroxylation is 2. The van der Waals surface area contributed by atoms with Gasteiger partial charge in [0, 0.05) is 18.3 Å². The molecule has 0 bridgehead atoms. The Hall–Kier alpha value is -2.86. The molecule has 1 heterocycles. The SMILES string of the molecule is CCOc1cc(C2NC(=S)N(C)C(C)=C2C(C)=O)ccc1OCc1cc(C)ccc1C. The van der Waals surface area contributed by atoms with Crippen LogP contribution in [0.25, 0.3) is 0 Å². The van der Waals surface area contributed by atoms with Crippen molar-refractivity contribution < 1.29 is 14.3 Å². The van der Waals surface area contributed by atoms with Gasteiger partial charge in [0.05, 0.1) is 12.6 Å². The molecule has 0 saturated heterocycles. The zero-order valence-corrected chi connectivity index (χ0v) is 19.9. The fourth-order valence-corrected chi connectivity index (χ4v) is 4.00. The van der Waals surface area contributed by atoms with Crippen LogP contribution < -0.4 is 14.8 Å². The van der Waals surface area contributed by atoms with Gasteiger partial charge in [-0.05, 0) is 75.7 Å². The molecule has 31 heavy (non-hydrogen) atoms. The van der Waals surface area contributed by atoms with E-state index in [1.165, 1.54) is 11.1 Å². The Morgan fingerprint density at radius 2 is 1.84 bits per heavy atom. The molecule has 1 unspecified atom stereocenters. The fraction of sp³-hybridized carbons (Fsp3) is 0.360. The first kappa shape index (κ1) is 22.8. The van der Waals surface area contributed by atoms with Crippen molar-refractivity contribution in [2.24, 2.45) is 0 Å². The van der Waals surface area contributed by atoms with Crippen molar-refractivity contribution in [3.8, 4) is 11.5 Å². The summed E-state index contributed by atoms with van der Waals surface area (Å²) in [5.74, 6) is 1.34. The largest absolute Gasteiger partial charge is 0.490 e. The monoisotopic (exact) mass is 438 g/mol. The number of rotatable bonds is 7. The highest BCUT2D eigenvalue weighted by Gasteiger charge is 2.31. The summed E-state index contributed by atoms with van der Waals surface area (Å²) in [5, 5.41) is 3.87. The average Bonchev–Trinajstić information content (AvgIpc) is 2.73. The van der Waals surface area contributed by atoms with Crippen LogP contribution in [0, 0.1) is 13.8 Å². The summed E-state index contributed by atoms with van der Waals surface area (Å²) in [7, 11) is 1.86. The van der Waals surface area contributed by atoms with Gasteiger partial charge in [0.1, 0.15) is 6.61 Å². The Labute approximate surface area is 190 Å². The molecular formula is C25H30N2O3S. The summed E-state index contributed by atoms with van der Waals surface area (Å²) >= 11 is 5.46. The Kier molecular flexibility index (Phi) is 7.01. The molecule has 2 aromatic carbocycles. The number of carbonyl (C=O) groups is 1. The second-order valence-electron chi connectivity index (χ2n) is 7.85. The van der Waals surface area contributed by atoms with E-state index in [0.717, 1.165) is 16.8 Å². The number of benzene rings is 2. The standard InChI is InChI=1S/C25H30N2O3S/c1-7-29-22-13-19(24-23(18(5)28)17(4)27(6)25(31)26-24)10-11-21(22)30-14-20-12-15(2)8-9-16(20)3/h8-13,24H,7,14H2,1-6H3,(H,26,31). The molecule has 164 valence electrons. The first-order valence-electron chi connectivity index (χ1n) is 10.4. The van der Waals surface area contributed by atoms with Gasteiger partial charge in [-0.2, -0.15) is 0 Å². The van der Waals surface area contributed by atoms with Gasteiger partial charge >= 0.3 is 0 Å². The Bertz CT molecular complexity index is 1050. The number of hydrogen-bond acceptors (Lipinski definition) is 4. The summed E-state index contributed by atoms with van der Waals surface area (Å²) in [6.45, 7) is 10.6. The van der Waals surface area contributed by atoms with Crippen molar-refractivity contribution in [3.05, 3.63) is 69.9 Å². The van der Waals surface area contributed by atoms with Gasteiger partial charge in [-0.1, -0.05) is 29.8 Å². The number of Topliss-reactive ketones (excluding diaryl/α,β-unsaturated/α-hetero) is 1. The lowest BCUT2D eigenvalue weighted by atomic mass is 9.92. The van der Waals surface area contributed by atoms with Crippen molar-refractivity contribution in [3.63, 3.8) is 0 Å². The maximum atomic E-state index is 12.4. The van der Waals surface area contributed by atoms with Gasteiger partial charge < -0.3 is 19.7 Å². The van der Waals surface area contributed by atoms with E-state index < -0.39 is 0 Å². The number of allylic oxidation sites excluding steroid dienone is 1. The van der Waals surface area contributed by atoms with Crippen LogP contribution in [0.2, 0.25) is 0 Å². The summed E-state index contributed by atoms with van der Waals surface area (Å²) in [4.78, 5) is 14.2. The molecule has 1 aliphatic heterocycles. The van der Waals surface area contributed by atoms with Crippen LogP contribution in [0.3, 0.4) is 0 Å². The maximum Gasteiger partial charge on any atom is 0.173 e. The van der Waals surface area contributed by atoms with Crippen molar-refractivity contribution in [1.29, 1.82) is 0 Å². The van der Waals surface area contributed by atoms with E-state index in [1.807, 2.05) is 44.0 Å². The van der Waals surface area contributed by atoms with Crippen LogP contribution in [0.1, 0.15) is 49.1 Å². The maximum absolute atomic E-state index is 12.4. The molecule has 0 amide bonds. The molecular weight excluding hydrogens is 408 g/mol. The van der Waals surface area contributed by atoms with E-state index >= 15 is 0 Å². The number of ether oxygens (including phenoxy) is 2. The normalized spacial score (nSPS) is 16.3. The number of hydrogen-bond donors (Lipinski definition) is 1. The van der Waals surface area contributed by atoms with Crippen molar-refractivity contribution in [1.82, 2.24) is 10.2 Å². The van der Waals surface area contributed by atoms with Crippen LogP contribution in [0.4, 0.5) is 0 Å². The number of nitrogens with zero attached hydrogens (tertiary/aromatic N) is 1. The van der Waals surface area contributed by atoms with Crippen molar-refractivity contribution in [2.45, 2.75) is 47.3 Å². The lowest BCUT2D eigenvalue weighted by Gasteiger charge is -2.35. The molecule has 0 saturated carbocycles. The lowest BCUT2D eigenvalue weighted by Crippen LogP contribution is -2.45. The fourth-order valence-electron chi connectivity index (χ4n) is 3.75. The number of ketones is 1. The van der Waals surface area contributed by atoms with E-state index in [4.69, 9.17) is 21.7 Å². The number of nitrogens with one attached hydrogen (secondary N) is 1. The van der Waals surface area contributed by atoms with Crippen molar-refractivity contribution >= 4 is 23.1 Å². The Morgan fingerprint density at radius 3 is 2.52 bits per heavy atom. The highest BCUT2D eigenvalue weighted by Crippen LogP contribution is 2.36. The third kappa shape index (κ3) is 4.90. The predicted octanol–water partition coefficient (Wildman–Crippen LogP) is 5.01. The zero-order valence-electron chi connectivity index (χ0n) is 19.0. The van der Waals surface area contributed by atoms with Crippen LogP contribution in [-0.4, -0.2) is 29.5 Å². The third-order valence-corrected chi connectivity index (χ3v) is 6.01. The summed E-state index contributed by atoms with van der Waals surface area (Å²) < 4.78 is 12.0.